The van der Waals surface area contributed by atoms with Gasteiger partial charge < -0.3 is 14.2 Å². The molecule has 0 radical (unpaired) electrons. The third-order valence-electron chi connectivity index (χ3n) is 3.71. The molecule has 21 heavy (non-hydrogen) atoms. The van der Waals surface area contributed by atoms with E-state index in [4.69, 9.17) is 4.74 Å². The second-order valence-electron chi connectivity index (χ2n) is 4.91. The molecule has 1 unspecified atom stereocenters. The molecule has 1 saturated heterocycles. The lowest BCUT2D eigenvalue weighted by atomic mass is 10.2. The number of methoxy groups -OCH3 is 1. The van der Waals surface area contributed by atoms with Crippen molar-refractivity contribution in [3.05, 3.63) is 40.8 Å². The monoisotopic (exact) mass is 304 g/mol. The van der Waals surface area contributed by atoms with Crippen LogP contribution in [-0.4, -0.2) is 41.0 Å². The topological polar surface area (TPSA) is 51.5 Å². The Morgan fingerprint density at radius 3 is 2.81 bits per heavy atom. The van der Waals surface area contributed by atoms with E-state index in [1.54, 1.807) is 4.90 Å². The lowest BCUT2D eigenvalue weighted by Crippen LogP contribution is -2.41. The van der Waals surface area contributed by atoms with Gasteiger partial charge in [0, 0.05) is 18.9 Å². The Labute approximate surface area is 126 Å². The molecule has 1 fully saturated rings. The fourth-order valence-electron chi connectivity index (χ4n) is 2.68. The van der Waals surface area contributed by atoms with E-state index in [1.165, 1.54) is 18.4 Å². The van der Waals surface area contributed by atoms with Crippen LogP contribution in [0.25, 0.3) is 5.69 Å². The Morgan fingerprint density at radius 1 is 1.33 bits per heavy atom. The van der Waals surface area contributed by atoms with Crippen molar-refractivity contribution in [3.63, 3.8) is 0 Å². The first-order valence-corrected chi connectivity index (χ1v) is 7.70. The van der Waals surface area contributed by atoms with Crippen LogP contribution in [0, 0.1) is 0 Å². The molecule has 0 aliphatic carbocycles. The van der Waals surface area contributed by atoms with Gasteiger partial charge in [-0.05, 0) is 36.4 Å². The van der Waals surface area contributed by atoms with Crippen LogP contribution >= 0.6 is 11.3 Å². The van der Waals surface area contributed by atoms with Crippen molar-refractivity contribution in [2.24, 2.45) is 0 Å². The highest BCUT2D eigenvalue weighted by molar-refractivity contribution is 7.12. The molecule has 2 aromatic heterocycles. The summed E-state index contributed by atoms with van der Waals surface area (Å²) in [5.41, 5.74) is 0.852. The number of likely N-dealkylation sites (tertiary alicyclic amines) is 1. The van der Waals surface area contributed by atoms with E-state index in [9.17, 15) is 9.59 Å². The molecule has 1 amide bonds. The minimum Gasteiger partial charge on any atom is -0.467 e. The van der Waals surface area contributed by atoms with Gasteiger partial charge in [0.25, 0.3) is 5.91 Å². The molecule has 0 spiro atoms. The predicted octanol–water partition coefficient (Wildman–Crippen LogP) is 2.32. The van der Waals surface area contributed by atoms with Crippen LogP contribution in [0.2, 0.25) is 0 Å². The molecule has 0 saturated carbocycles. The molecule has 0 N–H and O–H groups in total. The van der Waals surface area contributed by atoms with Gasteiger partial charge in [0.2, 0.25) is 0 Å². The first-order chi connectivity index (χ1) is 10.2. The second kappa shape index (κ2) is 5.73. The van der Waals surface area contributed by atoms with Gasteiger partial charge in [-0.15, -0.1) is 11.3 Å². The van der Waals surface area contributed by atoms with Crippen molar-refractivity contribution in [2.45, 2.75) is 18.9 Å². The predicted molar refractivity (Wildman–Crippen MR) is 79.7 cm³/mol. The van der Waals surface area contributed by atoms with Crippen molar-refractivity contribution in [3.8, 4) is 5.69 Å². The fourth-order valence-corrected chi connectivity index (χ4v) is 3.53. The van der Waals surface area contributed by atoms with E-state index < -0.39 is 6.04 Å². The van der Waals surface area contributed by atoms with E-state index in [2.05, 4.69) is 0 Å². The highest BCUT2D eigenvalue weighted by atomic mass is 32.1. The van der Waals surface area contributed by atoms with Gasteiger partial charge in [-0.2, -0.15) is 0 Å². The van der Waals surface area contributed by atoms with Gasteiger partial charge in [-0.1, -0.05) is 0 Å². The first kappa shape index (κ1) is 13.9. The summed E-state index contributed by atoms with van der Waals surface area (Å²) >= 11 is 1.40. The Hall–Kier alpha value is -2.08. The molecule has 110 valence electrons. The Balaban J connectivity index is 1.89. The van der Waals surface area contributed by atoms with Crippen LogP contribution in [0.5, 0.6) is 0 Å². The number of ether oxygens (including phenoxy) is 1. The quantitative estimate of drug-likeness (QED) is 0.818. The zero-order valence-corrected chi connectivity index (χ0v) is 12.5. The summed E-state index contributed by atoms with van der Waals surface area (Å²) in [6.07, 6.45) is 5.31. The number of hydrogen-bond donors (Lipinski definition) is 0. The molecule has 5 nitrogen and oxygen atoms in total. The lowest BCUT2D eigenvalue weighted by Gasteiger charge is -2.22. The largest absolute Gasteiger partial charge is 0.467 e. The summed E-state index contributed by atoms with van der Waals surface area (Å²) in [6, 6.07) is 5.29. The third-order valence-corrected chi connectivity index (χ3v) is 4.60. The van der Waals surface area contributed by atoms with Gasteiger partial charge >= 0.3 is 5.97 Å². The number of carbonyl (C=O) groups excluding carboxylic acids is 2. The molecule has 1 aliphatic rings. The summed E-state index contributed by atoms with van der Waals surface area (Å²) < 4.78 is 6.71. The molecule has 1 aliphatic heterocycles. The van der Waals surface area contributed by atoms with Crippen molar-refractivity contribution >= 4 is 23.2 Å². The number of nitrogens with zero attached hydrogens (tertiary/aromatic N) is 2. The first-order valence-electron chi connectivity index (χ1n) is 6.82. The zero-order chi connectivity index (χ0) is 14.8. The number of esters is 1. The van der Waals surface area contributed by atoms with Crippen LogP contribution in [-0.2, 0) is 9.53 Å². The van der Waals surface area contributed by atoms with Gasteiger partial charge in [0.05, 0.1) is 12.8 Å². The highest BCUT2D eigenvalue weighted by Gasteiger charge is 2.36. The molecule has 3 heterocycles. The van der Waals surface area contributed by atoms with Crippen LogP contribution < -0.4 is 0 Å². The molecular formula is C15H16N2O3S. The van der Waals surface area contributed by atoms with E-state index in [-0.39, 0.29) is 11.9 Å². The molecule has 3 rings (SSSR count). The van der Waals surface area contributed by atoms with Gasteiger partial charge in [0.15, 0.2) is 0 Å². The molecule has 2 aromatic rings. The standard InChI is InChI=1S/C15H16N2O3S/c1-20-15(19)12-5-4-9-17(12)14(18)13-11(6-10-21-13)16-7-2-3-8-16/h2-3,6-8,10,12H,4-5,9H2,1H3. The van der Waals surface area contributed by atoms with Crippen LogP contribution in [0.4, 0.5) is 0 Å². The SMILES string of the molecule is COC(=O)C1CCCN1C(=O)c1sccc1-n1cccc1. The van der Waals surface area contributed by atoms with E-state index in [0.717, 1.165) is 12.1 Å². The smallest absolute Gasteiger partial charge is 0.328 e. The Kier molecular flexibility index (Phi) is 3.79. The average molecular weight is 304 g/mol. The third kappa shape index (κ3) is 2.47. The molecule has 0 bridgehead atoms. The average Bonchev–Trinajstić information content (AvgIpc) is 3.24. The van der Waals surface area contributed by atoms with Crippen LogP contribution in [0.3, 0.4) is 0 Å². The minimum absolute atomic E-state index is 0.0957. The summed E-state index contributed by atoms with van der Waals surface area (Å²) in [7, 11) is 1.36. The molecule has 6 heteroatoms. The summed E-state index contributed by atoms with van der Waals surface area (Å²) in [5, 5.41) is 1.89. The molecular weight excluding hydrogens is 288 g/mol. The second-order valence-corrected chi connectivity index (χ2v) is 5.82. The number of aromatic nitrogens is 1. The number of hydrogen-bond acceptors (Lipinski definition) is 4. The number of thiophene rings is 1. The molecule has 1 atom stereocenters. The minimum atomic E-state index is -0.456. The summed E-state index contributed by atoms with van der Waals surface area (Å²) in [4.78, 5) is 26.8. The maximum atomic E-state index is 12.8. The summed E-state index contributed by atoms with van der Waals surface area (Å²) in [5.74, 6) is -0.429. The number of rotatable bonds is 3. The maximum absolute atomic E-state index is 12.8. The van der Waals surface area contributed by atoms with Crippen LogP contribution in [0.1, 0.15) is 22.5 Å². The van der Waals surface area contributed by atoms with Crippen LogP contribution in [0.15, 0.2) is 36.0 Å². The zero-order valence-electron chi connectivity index (χ0n) is 11.7. The maximum Gasteiger partial charge on any atom is 0.328 e. The fraction of sp³-hybridized carbons (Fsp3) is 0.333. The van der Waals surface area contributed by atoms with Crippen molar-refractivity contribution < 1.29 is 14.3 Å². The molecule has 0 aromatic carbocycles. The van der Waals surface area contributed by atoms with E-state index in [1.807, 2.05) is 40.5 Å². The van der Waals surface area contributed by atoms with Crippen molar-refractivity contribution in [2.75, 3.05) is 13.7 Å². The van der Waals surface area contributed by atoms with Gasteiger partial charge in [-0.25, -0.2) is 4.79 Å². The van der Waals surface area contributed by atoms with E-state index in [0.29, 0.717) is 17.8 Å². The van der Waals surface area contributed by atoms with Crippen molar-refractivity contribution in [1.29, 1.82) is 0 Å². The lowest BCUT2D eigenvalue weighted by molar-refractivity contribution is -0.145. The number of carbonyl (C=O) groups is 2. The van der Waals surface area contributed by atoms with E-state index >= 15 is 0 Å². The van der Waals surface area contributed by atoms with Gasteiger partial charge in [0.1, 0.15) is 10.9 Å². The van der Waals surface area contributed by atoms with Gasteiger partial charge in [-0.3, -0.25) is 4.79 Å². The summed E-state index contributed by atoms with van der Waals surface area (Å²) in [6.45, 7) is 0.599. The number of amides is 1. The Morgan fingerprint density at radius 2 is 2.10 bits per heavy atom. The van der Waals surface area contributed by atoms with Crippen molar-refractivity contribution in [1.82, 2.24) is 9.47 Å². The Bertz CT molecular complexity index is 648. The normalized spacial score (nSPS) is 18.0. The highest BCUT2D eigenvalue weighted by Crippen LogP contribution is 2.27.